The Kier molecular flexibility index (Phi) is 5.16. The molecule has 2 aliphatic heterocycles. The maximum Gasteiger partial charge on any atom is 0.289 e. The number of amides is 2. The third kappa shape index (κ3) is 3.79. The molecule has 2 amide bonds. The molecular weight excluding hydrogens is 423 g/mol. The van der Waals surface area contributed by atoms with Gasteiger partial charge < -0.3 is 14.8 Å². The third-order valence-electron chi connectivity index (χ3n) is 5.62. The van der Waals surface area contributed by atoms with Gasteiger partial charge >= 0.3 is 0 Å². The lowest BCUT2D eigenvalue weighted by Crippen LogP contribution is -2.53. The smallest absolute Gasteiger partial charge is 0.289 e. The van der Waals surface area contributed by atoms with Crippen LogP contribution in [-0.4, -0.2) is 72.1 Å². The molecule has 0 bridgehead atoms. The highest BCUT2D eigenvalue weighted by Gasteiger charge is 2.38. The second-order valence-electron chi connectivity index (χ2n) is 7.44. The zero-order valence-corrected chi connectivity index (χ0v) is 17.3. The van der Waals surface area contributed by atoms with E-state index in [1.54, 1.807) is 22.4 Å². The van der Waals surface area contributed by atoms with Crippen LogP contribution in [0.2, 0.25) is 0 Å². The molecule has 2 aromatic heterocycles. The van der Waals surface area contributed by atoms with Crippen LogP contribution in [-0.2, 0) is 13.1 Å². The molecule has 0 unspecified atom stereocenters. The summed E-state index contributed by atoms with van der Waals surface area (Å²) in [6.45, 7) is 3.38. The topological polar surface area (TPSA) is 109 Å². The molecule has 1 N–H and O–H groups in total. The molecule has 1 saturated heterocycles. The number of rotatable bonds is 4. The van der Waals surface area contributed by atoms with Crippen molar-refractivity contribution in [1.29, 1.82) is 0 Å². The van der Waals surface area contributed by atoms with Crippen LogP contribution < -0.4 is 5.32 Å². The van der Waals surface area contributed by atoms with Gasteiger partial charge in [0.1, 0.15) is 5.82 Å². The summed E-state index contributed by atoms with van der Waals surface area (Å²) in [5, 5.41) is 16.7. The summed E-state index contributed by atoms with van der Waals surface area (Å²) in [7, 11) is 0. The number of benzene rings is 1. The summed E-state index contributed by atoms with van der Waals surface area (Å²) in [6, 6.07) is 5.82. The Morgan fingerprint density at radius 1 is 1.10 bits per heavy atom. The van der Waals surface area contributed by atoms with Gasteiger partial charge in [-0.2, -0.15) is 0 Å². The van der Waals surface area contributed by atoms with Gasteiger partial charge in [0.05, 0.1) is 6.04 Å². The number of aromatic nitrogens is 5. The minimum atomic E-state index is -0.339. The Hall–Kier alpha value is -3.25. The number of nitrogens with zero attached hydrogens (tertiary/aromatic N) is 7. The monoisotopic (exact) mass is 442 g/mol. The number of piperazine rings is 1. The van der Waals surface area contributed by atoms with E-state index in [0.717, 1.165) is 23.6 Å². The second-order valence-corrected chi connectivity index (χ2v) is 8.05. The predicted molar refractivity (Wildman–Crippen MR) is 108 cm³/mol. The molecule has 12 heteroatoms. The number of fused-ring (bicyclic) bond motifs is 3. The minimum Gasteiger partial charge on any atom is -0.345 e. The summed E-state index contributed by atoms with van der Waals surface area (Å²) >= 11 is 1.14. The summed E-state index contributed by atoms with van der Waals surface area (Å²) in [6.07, 6.45) is 0. The molecule has 0 radical (unpaired) electrons. The van der Waals surface area contributed by atoms with Gasteiger partial charge in [0, 0.05) is 44.6 Å². The zero-order chi connectivity index (χ0) is 21.4. The van der Waals surface area contributed by atoms with Crippen molar-refractivity contribution in [2.75, 3.05) is 26.2 Å². The average Bonchev–Trinajstić information content (AvgIpc) is 3.48. The fraction of sp³-hybridized carbons (Fsp3) is 0.368. The molecule has 2 aliphatic rings. The van der Waals surface area contributed by atoms with Crippen LogP contribution in [0.1, 0.15) is 38.5 Å². The highest BCUT2D eigenvalue weighted by atomic mass is 32.1. The molecule has 1 atom stereocenters. The fourth-order valence-corrected chi connectivity index (χ4v) is 4.41. The SMILES string of the molecule is O=C(NCc1ccc(F)cc1)c1nnc2n1CCN1CCN(C(=O)c3csnn3)C[C@H]21. The van der Waals surface area contributed by atoms with E-state index in [4.69, 9.17) is 0 Å². The maximum absolute atomic E-state index is 13.0. The van der Waals surface area contributed by atoms with Gasteiger partial charge in [0.2, 0.25) is 5.82 Å². The minimum absolute atomic E-state index is 0.135. The number of halogens is 1. The first kappa shape index (κ1) is 19.7. The van der Waals surface area contributed by atoms with Gasteiger partial charge in [0.15, 0.2) is 11.5 Å². The van der Waals surface area contributed by atoms with Crippen molar-refractivity contribution in [3.05, 3.63) is 58.4 Å². The highest BCUT2D eigenvalue weighted by molar-refractivity contribution is 7.03. The van der Waals surface area contributed by atoms with E-state index >= 15 is 0 Å². The van der Waals surface area contributed by atoms with Crippen LogP contribution in [0, 0.1) is 5.82 Å². The van der Waals surface area contributed by atoms with Gasteiger partial charge in [-0.25, -0.2) is 4.39 Å². The van der Waals surface area contributed by atoms with Crippen molar-refractivity contribution in [1.82, 2.24) is 39.5 Å². The van der Waals surface area contributed by atoms with Gasteiger partial charge in [0.25, 0.3) is 11.8 Å². The van der Waals surface area contributed by atoms with Crippen molar-refractivity contribution in [2.45, 2.75) is 19.1 Å². The van der Waals surface area contributed by atoms with Gasteiger partial charge in [-0.3, -0.25) is 14.5 Å². The number of carbonyl (C=O) groups excluding carboxylic acids is 2. The largest absolute Gasteiger partial charge is 0.345 e. The first-order chi connectivity index (χ1) is 15.1. The molecule has 0 aliphatic carbocycles. The Labute approximate surface area is 180 Å². The molecular formula is C19H19FN8O2S. The second kappa shape index (κ2) is 8.12. The third-order valence-corrected chi connectivity index (χ3v) is 6.12. The van der Waals surface area contributed by atoms with Crippen molar-refractivity contribution >= 4 is 23.3 Å². The van der Waals surface area contributed by atoms with Gasteiger partial charge in [-0.15, -0.1) is 15.3 Å². The molecule has 160 valence electrons. The first-order valence-electron chi connectivity index (χ1n) is 9.86. The Balaban J connectivity index is 1.30. The maximum atomic E-state index is 13.0. The lowest BCUT2D eigenvalue weighted by Gasteiger charge is -2.43. The summed E-state index contributed by atoms with van der Waals surface area (Å²) in [4.78, 5) is 29.4. The van der Waals surface area contributed by atoms with Crippen LogP contribution in [0.15, 0.2) is 29.6 Å². The van der Waals surface area contributed by atoms with Crippen LogP contribution in [0.3, 0.4) is 0 Å². The molecule has 31 heavy (non-hydrogen) atoms. The number of hydrogen-bond acceptors (Lipinski definition) is 8. The van der Waals surface area contributed by atoms with Crippen LogP contribution >= 0.6 is 11.5 Å². The lowest BCUT2D eigenvalue weighted by atomic mass is 10.1. The standard InChI is InChI=1S/C19H19FN8O2S/c20-13-3-1-12(2-4-13)9-21-18(29)17-24-23-16-15-10-27(19(30)14-11-31-25-22-14)6-5-26(15)7-8-28(16)17/h1-4,11,15H,5-10H2,(H,21,29)/t15-/m1/s1. The Bertz CT molecular complexity index is 1100. The molecule has 4 heterocycles. The van der Waals surface area contributed by atoms with Gasteiger partial charge in [-0.05, 0) is 29.2 Å². The molecule has 3 aromatic rings. The van der Waals surface area contributed by atoms with E-state index < -0.39 is 0 Å². The lowest BCUT2D eigenvalue weighted by molar-refractivity contribution is 0.0368. The number of nitrogens with one attached hydrogen (secondary N) is 1. The quantitative estimate of drug-likeness (QED) is 0.634. The Morgan fingerprint density at radius 2 is 1.90 bits per heavy atom. The molecule has 0 saturated carbocycles. The predicted octanol–water partition coefficient (Wildman–Crippen LogP) is 0.711. The Morgan fingerprint density at radius 3 is 2.68 bits per heavy atom. The van der Waals surface area contributed by atoms with Crippen LogP contribution in [0.25, 0.3) is 0 Å². The van der Waals surface area contributed by atoms with Gasteiger partial charge in [-0.1, -0.05) is 16.6 Å². The highest BCUT2D eigenvalue weighted by Crippen LogP contribution is 2.29. The number of hydrogen-bond donors (Lipinski definition) is 1. The molecule has 1 aromatic carbocycles. The summed E-state index contributed by atoms with van der Waals surface area (Å²) in [5.74, 6) is 0.101. The van der Waals surface area contributed by atoms with E-state index in [9.17, 15) is 14.0 Å². The fourth-order valence-electron chi connectivity index (χ4n) is 3.98. The van der Waals surface area contributed by atoms with E-state index in [1.165, 1.54) is 12.1 Å². The van der Waals surface area contributed by atoms with E-state index in [-0.39, 0.29) is 36.0 Å². The summed E-state index contributed by atoms with van der Waals surface area (Å²) in [5.41, 5.74) is 1.13. The first-order valence-corrected chi connectivity index (χ1v) is 10.7. The van der Waals surface area contributed by atoms with Crippen molar-refractivity contribution in [3.63, 3.8) is 0 Å². The van der Waals surface area contributed by atoms with Crippen molar-refractivity contribution < 1.29 is 14.0 Å². The van der Waals surface area contributed by atoms with Crippen LogP contribution in [0.4, 0.5) is 4.39 Å². The van der Waals surface area contributed by atoms with Crippen molar-refractivity contribution in [2.24, 2.45) is 0 Å². The van der Waals surface area contributed by atoms with E-state index in [1.807, 2.05) is 4.57 Å². The number of carbonyl (C=O) groups is 2. The van der Waals surface area contributed by atoms with Crippen LogP contribution in [0.5, 0.6) is 0 Å². The average molecular weight is 442 g/mol. The summed E-state index contributed by atoms with van der Waals surface area (Å²) < 4.78 is 18.6. The van der Waals surface area contributed by atoms with E-state index in [2.05, 4.69) is 30.0 Å². The molecule has 1 fully saturated rings. The normalized spacial score (nSPS) is 18.4. The van der Waals surface area contributed by atoms with Crippen molar-refractivity contribution in [3.8, 4) is 0 Å². The van der Waals surface area contributed by atoms with E-state index in [0.29, 0.717) is 37.7 Å². The molecule has 5 rings (SSSR count). The molecule has 10 nitrogen and oxygen atoms in total. The zero-order valence-electron chi connectivity index (χ0n) is 16.4. The molecule has 0 spiro atoms.